The van der Waals surface area contributed by atoms with Crippen molar-refractivity contribution in [1.29, 1.82) is 0 Å². The maximum atomic E-state index is 12.6. The number of anilines is 1. The minimum absolute atomic E-state index is 0.122. The van der Waals surface area contributed by atoms with Crippen molar-refractivity contribution in [3.8, 4) is 0 Å². The van der Waals surface area contributed by atoms with Crippen molar-refractivity contribution >= 4 is 40.1 Å². The van der Waals surface area contributed by atoms with E-state index in [-0.39, 0.29) is 29.8 Å². The van der Waals surface area contributed by atoms with E-state index >= 15 is 0 Å². The summed E-state index contributed by atoms with van der Waals surface area (Å²) in [6.07, 6.45) is 2.94. The van der Waals surface area contributed by atoms with E-state index in [1.165, 1.54) is 29.0 Å². The third-order valence-corrected chi connectivity index (χ3v) is 5.28. The number of piperidine rings is 1. The van der Waals surface area contributed by atoms with Crippen LogP contribution in [-0.4, -0.2) is 38.4 Å². The molecule has 0 bridgehead atoms. The highest BCUT2D eigenvalue weighted by Gasteiger charge is 2.27. The number of nitrogens with zero attached hydrogens (tertiary/aromatic N) is 4. The molecule has 11 heteroatoms. The molecule has 1 aromatic carbocycles. The quantitative estimate of drug-likeness (QED) is 0.486. The molecule has 3 aromatic rings. The van der Waals surface area contributed by atoms with Gasteiger partial charge in [0.25, 0.3) is 5.69 Å². The minimum atomic E-state index is -0.595. The van der Waals surface area contributed by atoms with Crippen LogP contribution in [-0.2, 0) is 11.5 Å². The fourth-order valence-electron chi connectivity index (χ4n) is 3.57. The Labute approximate surface area is 175 Å². The number of oxazole rings is 1. The third kappa shape index (κ3) is 4.19. The first-order valence-corrected chi connectivity index (χ1v) is 9.71. The number of rotatable bonds is 5. The highest BCUT2D eigenvalue weighted by molar-refractivity contribution is 6.30. The van der Waals surface area contributed by atoms with Gasteiger partial charge in [0.15, 0.2) is 5.58 Å². The number of amides is 1. The Kier molecular flexibility index (Phi) is 5.51. The molecule has 1 atom stereocenters. The first-order chi connectivity index (χ1) is 14.4. The van der Waals surface area contributed by atoms with Crippen LogP contribution in [0.1, 0.15) is 12.8 Å². The van der Waals surface area contributed by atoms with Crippen LogP contribution < -0.4 is 11.1 Å². The summed E-state index contributed by atoms with van der Waals surface area (Å²) in [5.41, 5.74) is 0.514. The van der Waals surface area contributed by atoms with E-state index in [1.807, 2.05) is 4.90 Å². The van der Waals surface area contributed by atoms with Crippen LogP contribution in [0.3, 0.4) is 0 Å². The van der Waals surface area contributed by atoms with Gasteiger partial charge in [-0.3, -0.25) is 24.4 Å². The fraction of sp³-hybridized carbons (Fsp3) is 0.316. The van der Waals surface area contributed by atoms with Crippen molar-refractivity contribution in [2.24, 2.45) is 5.92 Å². The van der Waals surface area contributed by atoms with Gasteiger partial charge in [-0.2, -0.15) is 0 Å². The van der Waals surface area contributed by atoms with Crippen molar-refractivity contribution in [2.75, 3.05) is 18.4 Å². The van der Waals surface area contributed by atoms with Gasteiger partial charge in [-0.05, 0) is 37.6 Å². The summed E-state index contributed by atoms with van der Waals surface area (Å²) in [5, 5.41) is 14.3. The highest BCUT2D eigenvalue weighted by Crippen LogP contribution is 2.23. The first-order valence-electron chi connectivity index (χ1n) is 9.33. The molecule has 0 unspecified atom stereocenters. The second-order valence-corrected chi connectivity index (χ2v) is 7.55. The summed E-state index contributed by atoms with van der Waals surface area (Å²) in [6.45, 7) is 1.31. The molecule has 1 amide bonds. The second-order valence-electron chi connectivity index (χ2n) is 7.11. The van der Waals surface area contributed by atoms with Crippen molar-refractivity contribution < 1.29 is 14.1 Å². The Bertz CT molecular complexity index is 1160. The molecule has 1 fully saturated rings. The molecule has 0 aliphatic carbocycles. The molecule has 1 aliphatic heterocycles. The van der Waals surface area contributed by atoms with Crippen LogP contribution in [0, 0.1) is 16.0 Å². The zero-order valence-electron chi connectivity index (χ0n) is 15.8. The molecule has 30 heavy (non-hydrogen) atoms. The van der Waals surface area contributed by atoms with E-state index in [9.17, 15) is 19.7 Å². The van der Waals surface area contributed by atoms with Crippen LogP contribution >= 0.6 is 11.6 Å². The standard InChI is InChI=1S/C19H18ClN5O5/c20-13-3-6-17(21-9-13)22-18(26)12-2-1-7-23(10-12)11-24-15-8-14(25(28)29)4-5-16(15)30-19(24)27/h3-6,8-9,12H,1-2,7,10-11H2,(H,21,22,26)/t12-/m0/s1. The van der Waals surface area contributed by atoms with Crippen molar-refractivity contribution in [1.82, 2.24) is 14.5 Å². The zero-order chi connectivity index (χ0) is 21.3. The molecule has 1 N–H and O–H groups in total. The molecule has 4 rings (SSSR count). The van der Waals surface area contributed by atoms with E-state index in [0.29, 0.717) is 35.9 Å². The number of halogens is 1. The van der Waals surface area contributed by atoms with Gasteiger partial charge in [0.05, 0.1) is 28.0 Å². The Hall–Kier alpha value is -3.24. The van der Waals surface area contributed by atoms with Crippen molar-refractivity contribution in [3.05, 3.63) is 62.2 Å². The lowest BCUT2D eigenvalue weighted by Gasteiger charge is -2.31. The third-order valence-electron chi connectivity index (χ3n) is 5.06. The molecule has 2 aromatic heterocycles. The van der Waals surface area contributed by atoms with Gasteiger partial charge in [0.2, 0.25) is 5.91 Å². The molecule has 1 saturated heterocycles. The van der Waals surface area contributed by atoms with E-state index < -0.39 is 10.7 Å². The van der Waals surface area contributed by atoms with E-state index in [0.717, 1.165) is 6.42 Å². The number of likely N-dealkylation sites (tertiary alicyclic amines) is 1. The highest BCUT2D eigenvalue weighted by atomic mass is 35.5. The molecule has 0 saturated carbocycles. The second kappa shape index (κ2) is 8.25. The van der Waals surface area contributed by atoms with Crippen LogP contribution in [0.4, 0.5) is 11.5 Å². The molecule has 10 nitrogen and oxygen atoms in total. The lowest BCUT2D eigenvalue weighted by Crippen LogP contribution is -2.42. The van der Waals surface area contributed by atoms with E-state index in [2.05, 4.69) is 10.3 Å². The average Bonchev–Trinajstić information content (AvgIpc) is 3.04. The molecule has 156 valence electrons. The van der Waals surface area contributed by atoms with Gasteiger partial charge >= 0.3 is 5.76 Å². The molecule has 1 aliphatic rings. The number of hydrogen-bond donors (Lipinski definition) is 1. The van der Waals surface area contributed by atoms with Crippen molar-refractivity contribution in [2.45, 2.75) is 19.5 Å². The summed E-state index contributed by atoms with van der Waals surface area (Å²) in [5.74, 6) is -0.609. The van der Waals surface area contributed by atoms with Gasteiger partial charge in [-0.1, -0.05) is 11.6 Å². The minimum Gasteiger partial charge on any atom is -0.408 e. The summed E-state index contributed by atoms with van der Waals surface area (Å²) < 4.78 is 6.55. The zero-order valence-corrected chi connectivity index (χ0v) is 16.5. The number of fused-ring (bicyclic) bond motifs is 1. The predicted molar refractivity (Wildman–Crippen MR) is 109 cm³/mol. The molecule has 3 heterocycles. The number of nitrogens with one attached hydrogen (secondary N) is 1. The Morgan fingerprint density at radius 2 is 2.20 bits per heavy atom. The van der Waals surface area contributed by atoms with Crippen LogP contribution in [0.25, 0.3) is 11.1 Å². The van der Waals surface area contributed by atoms with Crippen molar-refractivity contribution in [3.63, 3.8) is 0 Å². The molecular weight excluding hydrogens is 414 g/mol. The molecule has 0 radical (unpaired) electrons. The fourth-order valence-corrected chi connectivity index (χ4v) is 3.69. The Morgan fingerprint density at radius 3 is 2.93 bits per heavy atom. The first kappa shape index (κ1) is 20.0. The summed E-state index contributed by atoms with van der Waals surface area (Å²) in [6, 6.07) is 7.30. The number of nitro groups is 1. The van der Waals surface area contributed by atoms with E-state index in [1.54, 1.807) is 12.1 Å². The average molecular weight is 432 g/mol. The largest absolute Gasteiger partial charge is 0.421 e. The lowest BCUT2D eigenvalue weighted by atomic mass is 9.97. The number of non-ortho nitro benzene ring substituents is 1. The Balaban J connectivity index is 1.49. The van der Waals surface area contributed by atoms with Crippen LogP contribution in [0.2, 0.25) is 5.02 Å². The van der Waals surface area contributed by atoms with Gasteiger partial charge in [0, 0.05) is 24.9 Å². The summed E-state index contributed by atoms with van der Waals surface area (Å²) in [7, 11) is 0. The van der Waals surface area contributed by atoms with Gasteiger partial charge < -0.3 is 9.73 Å². The summed E-state index contributed by atoms with van der Waals surface area (Å²) in [4.78, 5) is 41.5. The normalized spacial score (nSPS) is 17.2. The number of carbonyl (C=O) groups excluding carboxylic acids is 1. The van der Waals surface area contributed by atoms with E-state index in [4.69, 9.17) is 16.0 Å². The number of pyridine rings is 1. The number of hydrogen-bond acceptors (Lipinski definition) is 7. The summed E-state index contributed by atoms with van der Waals surface area (Å²) >= 11 is 5.81. The smallest absolute Gasteiger partial charge is 0.408 e. The molecule has 0 spiro atoms. The topological polar surface area (TPSA) is 124 Å². The number of carbonyl (C=O) groups is 1. The SMILES string of the molecule is O=C(Nc1ccc(Cl)cn1)[C@H]1CCCN(Cn2c(=O)oc3ccc([N+](=O)[O-])cc32)C1. The van der Waals surface area contributed by atoms with Gasteiger partial charge in [-0.25, -0.2) is 9.78 Å². The maximum absolute atomic E-state index is 12.6. The van der Waals surface area contributed by atoms with Crippen LogP contribution in [0.15, 0.2) is 45.7 Å². The van der Waals surface area contributed by atoms with Gasteiger partial charge in [-0.15, -0.1) is 0 Å². The van der Waals surface area contributed by atoms with Gasteiger partial charge in [0.1, 0.15) is 5.82 Å². The molecular formula is C19H18ClN5O5. The maximum Gasteiger partial charge on any atom is 0.421 e. The number of nitro benzene ring substituents is 1. The monoisotopic (exact) mass is 431 g/mol. The number of benzene rings is 1. The lowest BCUT2D eigenvalue weighted by molar-refractivity contribution is -0.384. The predicted octanol–water partition coefficient (Wildman–Crippen LogP) is 2.86. The number of aromatic nitrogens is 2. The van der Waals surface area contributed by atoms with Crippen LogP contribution in [0.5, 0.6) is 0 Å². The Morgan fingerprint density at radius 1 is 1.37 bits per heavy atom.